The number of benzene rings is 1. The highest BCUT2D eigenvalue weighted by Gasteiger charge is 2.16. The fourth-order valence-corrected chi connectivity index (χ4v) is 1.99. The second-order valence-electron chi connectivity index (χ2n) is 5.94. The van der Waals surface area contributed by atoms with Gasteiger partial charge in [0.2, 0.25) is 0 Å². The average molecular weight is 271 g/mol. The van der Waals surface area contributed by atoms with E-state index in [1.807, 2.05) is 57.4 Å². The number of carbonyl (C=O) groups is 1. The second kappa shape index (κ2) is 5.95. The fourth-order valence-electron chi connectivity index (χ4n) is 1.99. The van der Waals surface area contributed by atoms with Gasteiger partial charge in [0.05, 0.1) is 6.42 Å². The lowest BCUT2D eigenvalue weighted by molar-refractivity contribution is -0.153. The van der Waals surface area contributed by atoms with Crippen molar-refractivity contribution < 1.29 is 9.53 Å². The lowest BCUT2D eigenvalue weighted by Gasteiger charge is -2.19. The molecule has 0 aliphatic rings. The van der Waals surface area contributed by atoms with Gasteiger partial charge in [-0.1, -0.05) is 24.3 Å². The molecule has 0 aliphatic carbocycles. The Morgan fingerprint density at radius 2 is 1.60 bits per heavy atom. The maximum atomic E-state index is 11.7. The molecule has 0 radical (unpaired) electrons. The van der Waals surface area contributed by atoms with Crippen LogP contribution >= 0.6 is 0 Å². The van der Waals surface area contributed by atoms with Crippen molar-refractivity contribution in [1.82, 2.24) is 4.57 Å². The number of nitrogens with zero attached hydrogens (tertiary/aromatic N) is 1. The first-order valence-corrected chi connectivity index (χ1v) is 6.83. The summed E-state index contributed by atoms with van der Waals surface area (Å²) in [5.41, 5.74) is 1.77. The van der Waals surface area contributed by atoms with Gasteiger partial charge in [-0.15, -0.1) is 0 Å². The summed E-state index contributed by atoms with van der Waals surface area (Å²) in [6.45, 7) is 6.49. The third kappa shape index (κ3) is 4.57. The van der Waals surface area contributed by atoms with Crippen molar-refractivity contribution in [3.05, 3.63) is 59.9 Å². The average Bonchev–Trinajstić information content (AvgIpc) is 2.82. The van der Waals surface area contributed by atoms with Crippen LogP contribution in [-0.2, 0) is 22.5 Å². The third-order valence-corrected chi connectivity index (χ3v) is 2.82. The van der Waals surface area contributed by atoms with Gasteiger partial charge in [0.15, 0.2) is 0 Å². The molecule has 0 spiro atoms. The van der Waals surface area contributed by atoms with E-state index in [1.54, 1.807) is 0 Å². The Morgan fingerprint density at radius 3 is 2.15 bits per heavy atom. The molecule has 0 atom stereocenters. The smallest absolute Gasteiger partial charge is 0.310 e. The standard InChI is InChI=1S/C17H21NO2/c1-17(2,3)20-16(19)12-14-6-8-15(9-7-14)13-18-10-4-5-11-18/h4-11H,12-13H2,1-3H3. The molecule has 1 heterocycles. The van der Waals surface area contributed by atoms with Crippen LogP contribution in [0.2, 0.25) is 0 Å². The van der Waals surface area contributed by atoms with Crippen LogP contribution in [0.4, 0.5) is 0 Å². The first kappa shape index (κ1) is 14.4. The van der Waals surface area contributed by atoms with Gasteiger partial charge < -0.3 is 9.30 Å². The number of hydrogen-bond donors (Lipinski definition) is 0. The maximum absolute atomic E-state index is 11.7. The van der Waals surface area contributed by atoms with Crippen LogP contribution in [0.15, 0.2) is 48.8 Å². The van der Waals surface area contributed by atoms with Gasteiger partial charge in [-0.3, -0.25) is 4.79 Å². The number of carbonyl (C=O) groups excluding carboxylic acids is 1. The Bertz CT molecular complexity index is 548. The number of aromatic nitrogens is 1. The third-order valence-electron chi connectivity index (χ3n) is 2.82. The van der Waals surface area contributed by atoms with Crippen molar-refractivity contribution in [2.45, 2.75) is 39.3 Å². The quantitative estimate of drug-likeness (QED) is 0.798. The van der Waals surface area contributed by atoms with E-state index in [-0.39, 0.29) is 5.97 Å². The van der Waals surface area contributed by atoms with Gasteiger partial charge in [-0.25, -0.2) is 0 Å². The number of ether oxygens (including phenoxy) is 1. The summed E-state index contributed by atoms with van der Waals surface area (Å²) in [6.07, 6.45) is 4.39. The van der Waals surface area contributed by atoms with E-state index < -0.39 is 5.60 Å². The molecule has 20 heavy (non-hydrogen) atoms. The van der Waals surface area contributed by atoms with Crippen LogP contribution in [0.5, 0.6) is 0 Å². The molecule has 1 aromatic carbocycles. The van der Waals surface area contributed by atoms with Gasteiger partial charge in [-0.2, -0.15) is 0 Å². The monoisotopic (exact) mass is 271 g/mol. The van der Waals surface area contributed by atoms with Gasteiger partial charge in [0.25, 0.3) is 0 Å². The van der Waals surface area contributed by atoms with Crippen LogP contribution in [0.3, 0.4) is 0 Å². The highest BCUT2D eigenvalue weighted by atomic mass is 16.6. The summed E-state index contributed by atoms with van der Waals surface area (Å²) in [6, 6.07) is 12.1. The Morgan fingerprint density at radius 1 is 1.05 bits per heavy atom. The predicted molar refractivity (Wildman–Crippen MR) is 79.5 cm³/mol. The molecule has 0 fully saturated rings. The highest BCUT2D eigenvalue weighted by molar-refractivity contribution is 5.73. The maximum Gasteiger partial charge on any atom is 0.310 e. The second-order valence-corrected chi connectivity index (χ2v) is 5.94. The number of esters is 1. The van der Waals surface area contributed by atoms with E-state index >= 15 is 0 Å². The molecule has 0 saturated heterocycles. The fraction of sp³-hybridized carbons (Fsp3) is 0.353. The zero-order chi connectivity index (χ0) is 14.6. The molecule has 2 aromatic rings. The van der Waals surface area contributed by atoms with Crippen molar-refractivity contribution in [3.63, 3.8) is 0 Å². The largest absolute Gasteiger partial charge is 0.460 e. The van der Waals surface area contributed by atoms with Gasteiger partial charge in [0, 0.05) is 18.9 Å². The van der Waals surface area contributed by atoms with Crippen molar-refractivity contribution in [2.75, 3.05) is 0 Å². The molecule has 0 bridgehead atoms. The predicted octanol–water partition coefficient (Wildman–Crippen LogP) is 3.42. The van der Waals surface area contributed by atoms with E-state index in [9.17, 15) is 4.79 Å². The molecule has 0 amide bonds. The number of rotatable bonds is 4. The van der Waals surface area contributed by atoms with E-state index in [0.717, 1.165) is 12.1 Å². The molecular weight excluding hydrogens is 250 g/mol. The van der Waals surface area contributed by atoms with E-state index in [2.05, 4.69) is 16.7 Å². The molecule has 1 aromatic heterocycles. The SMILES string of the molecule is CC(C)(C)OC(=O)Cc1ccc(Cn2cccc2)cc1. The highest BCUT2D eigenvalue weighted by Crippen LogP contribution is 2.11. The first-order valence-electron chi connectivity index (χ1n) is 6.83. The van der Waals surface area contributed by atoms with Gasteiger partial charge >= 0.3 is 5.97 Å². The zero-order valence-electron chi connectivity index (χ0n) is 12.3. The van der Waals surface area contributed by atoms with Crippen molar-refractivity contribution in [3.8, 4) is 0 Å². The topological polar surface area (TPSA) is 31.2 Å². The first-order chi connectivity index (χ1) is 9.42. The molecule has 2 rings (SSSR count). The van der Waals surface area contributed by atoms with Crippen LogP contribution in [0.25, 0.3) is 0 Å². The summed E-state index contributed by atoms with van der Waals surface area (Å²) < 4.78 is 7.43. The van der Waals surface area contributed by atoms with Crippen molar-refractivity contribution in [2.24, 2.45) is 0 Å². The molecule has 0 N–H and O–H groups in total. The van der Waals surface area contributed by atoms with Crippen molar-refractivity contribution >= 4 is 5.97 Å². The van der Waals surface area contributed by atoms with Crippen LogP contribution < -0.4 is 0 Å². The van der Waals surface area contributed by atoms with E-state index in [4.69, 9.17) is 4.74 Å². The number of hydrogen-bond acceptors (Lipinski definition) is 2. The minimum absolute atomic E-state index is 0.185. The Hall–Kier alpha value is -2.03. The summed E-state index contributed by atoms with van der Waals surface area (Å²) in [5.74, 6) is -0.185. The Kier molecular flexibility index (Phi) is 4.28. The lowest BCUT2D eigenvalue weighted by atomic mass is 10.1. The zero-order valence-corrected chi connectivity index (χ0v) is 12.3. The lowest BCUT2D eigenvalue weighted by Crippen LogP contribution is -2.24. The summed E-state index contributed by atoms with van der Waals surface area (Å²) in [4.78, 5) is 11.7. The minimum atomic E-state index is -0.425. The van der Waals surface area contributed by atoms with Crippen LogP contribution in [-0.4, -0.2) is 16.1 Å². The molecule has 106 valence electrons. The molecule has 0 unspecified atom stereocenters. The summed E-state index contributed by atoms with van der Waals surface area (Å²) >= 11 is 0. The van der Waals surface area contributed by atoms with Crippen molar-refractivity contribution in [1.29, 1.82) is 0 Å². The van der Waals surface area contributed by atoms with Crippen LogP contribution in [0.1, 0.15) is 31.9 Å². The Labute approximate surface area is 120 Å². The molecule has 3 nitrogen and oxygen atoms in total. The Balaban J connectivity index is 1.93. The molecule has 0 aliphatic heterocycles. The van der Waals surface area contributed by atoms with Gasteiger partial charge in [0.1, 0.15) is 5.60 Å². The summed E-state index contributed by atoms with van der Waals surface area (Å²) in [5, 5.41) is 0. The van der Waals surface area contributed by atoms with E-state index in [1.165, 1.54) is 5.56 Å². The molecule has 0 saturated carbocycles. The van der Waals surface area contributed by atoms with Gasteiger partial charge in [-0.05, 0) is 44.0 Å². The summed E-state index contributed by atoms with van der Waals surface area (Å²) in [7, 11) is 0. The normalized spacial score (nSPS) is 11.3. The van der Waals surface area contributed by atoms with E-state index in [0.29, 0.717) is 6.42 Å². The molecular formula is C17H21NO2. The minimum Gasteiger partial charge on any atom is -0.460 e. The molecule has 3 heteroatoms. The van der Waals surface area contributed by atoms with Crippen LogP contribution in [0, 0.1) is 0 Å².